The van der Waals surface area contributed by atoms with Gasteiger partial charge in [-0.3, -0.25) is 0 Å². The van der Waals surface area contributed by atoms with E-state index >= 15 is 0 Å². The van der Waals surface area contributed by atoms with E-state index < -0.39 is 0 Å². The topological polar surface area (TPSA) is 49.9 Å². The third-order valence-electron chi connectivity index (χ3n) is 3.23. The summed E-state index contributed by atoms with van der Waals surface area (Å²) in [5, 5.41) is 3.44. The fourth-order valence-corrected chi connectivity index (χ4v) is 1.92. The Balaban J connectivity index is 1.78. The second kappa shape index (κ2) is 7.70. The molecule has 0 amide bonds. The van der Waals surface area contributed by atoms with Crippen molar-refractivity contribution in [2.75, 3.05) is 6.61 Å². The van der Waals surface area contributed by atoms with E-state index in [1.807, 2.05) is 18.3 Å². The van der Waals surface area contributed by atoms with E-state index in [0.29, 0.717) is 0 Å². The molecule has 1 heterocycles. The van der Waals surface area contributed by atoms with E-state index in [4.69, 9.17) is 4.74 Å². The van der Waals surface area contributed by atoms with Crippen LogP contribution in [0.4, 0.5) is 0 Å². The smallest absolute Gasteiger partial charge is 0.122 e. The van der Waals surface area contributed by atoms with Crippen LogP contribution in [0.2, 0.25) is 0 Å². The number of imidazole rings is 1. The second-order valence-corrected chi connectivity index (χ2v) is 4.92. The first kappa shape index (κ1) is 14.6. The number of nitrogens with one attached hydrogen (secondary N) is 2. The lowest BCUT2D eigenvalue weighted by molar-refractivity contribution is 0.309. The van der Waals surface area contributed by atoms with Crippen LogP contribution >= 0.6 is 0 Å². The number of benzene rings is 1. The van der Waals surface area contributed by atoms with Gasteiger partial charge in [-0.2, -0.15) is 0 Å². The zero-order valence-corrected chi connectivity index (χ0v) is 12.2. The molecule has 0 bridgehead atoms. The maximum atomic E-state index is 5.65. The maximum absolute atomic E-state index is 5.65. The Morgan fingerprint density at radius 1 is 1.30 bits per heavy atom. The maximum Gasteiger partial charge on any atom is 0.122 e. The molecule has 4 heteroatoms. The Bertz CT molecular complexity index is 479. The van der Waals surface area contributed by atoms with Gasteiger partial charge in [0.2, 0.25) is 0 Å². The van der Waals surface area contributed by atoms with Crippen molar-refractivity contribution in [3.05, 3.63) is 48.0 Å². The normalized spacial score (nSPS) is 12.3. The van der Waals surface area contributed by atoms with Gasteiger partial charge in [-0.15, -0.1) is 0 Å². The molecule has 0 aliphatic rings. The molecule has 0 fully saturated rings. The van der Waals surface area contributed by atoms with Gasteiger partial charge < -0.3 is 15.0 Å². The average Bonchev–Trinajstić information content (AvgIpc) is 3.01. The number of unbranched alkanes of at least 4 members (excludes halogenated alkanes) is 1. The lowest BCUT2D eigenvalue weighted by Crippen LogP contribution is -2.19. The van der Waals surface area contributed by atoms with Crippen LogP contribution in [0.3, 0.4) is 0 Å². The molecule has 1 aromatic carbocycles. The van der Waals surface area contributed by atoms with Crippen molar-refractivity contribution in [1.29, 1.82) is 0 Å². The molecule has 0 aliphatic carbocycles. The van der Waals surface area contributed by atoms with Crippen molar-refractivity contribution in [3.8, 4) is 5.75 Å². The molecular weight excluding hydrogens is 250 g/mol. The van der Waals surface area contributed by atoms with Gasteiger partial charge in [0.05, 0.1) is 12.6 Å². The van der Waals surface area contributed by atoms with Gasteiger partial charge in [0, 0.05) is 18.9 Å². The van der Waals surface area contributed by atoms with Crippen LogP contribution in [-0.4, -0.2) is 16.6 Å². The first-order valence-corrected chi connectivity index (χ1v) is 7.24. The lowest BCUT2D eigenvalue weighted by atomic mass is 10.2. The molecule has 0 aliphatic heterocycles. The highest BCUT2D eigenvalue weighted by Gasteiger charge is 2.06. The van der Waals surface area contributed by atoms with Crippen molar-refractivity contribution >= 4 is 0 Å². The largest absolute Gasteiger partial charge is 0.494 e. The average molecular weight is 273 g/mol. The van der Waals surface area contributed by atoms with Crippen molar-refractivity contribution in [1.82, 2.24) is 15.3 Å². The summed E-state index contributed by atoms with van der Waals surface area (Å²) in [6.07, 6.45) is 5.88. The molecule has 1 aromatic heterocycles. The molecule has 0 saturated heterocycles. The number of ether oxygens (including phenoxy) is 1. The summed E-state index contributed by atoms with van der Waals surface area (Å²) in [4.78, 5) is 7.36. The molecule has 0 radical (unpaired) electrons. The number of aromatic amines is 1. The van der Waals surface area contributed by atoms with Gasteiger partial charge >= 0.3 is 0 Å². The van der Waals surface area contributed by atoms with Crippen molar-refractivity contribution in [2.24, 2.45) is 0 Å². The highest BCUT2D eigenvalue weighted by Crippen LogP contribution is 2.14. The van der Waals surface area contributed by atoms with Crippen LogP contribution in [0.1, 0.15) is 44.1 Å². The molecule has 0 spiro atoms. The number of hydrogen-bond donors (Lipinski definition) is 2. The molecule has 1 atom stereocenters. The standard InChI is InChI=1S/C16H23N3O/c1-3-4-11-20-15-7-5-14(6-8-15)12-19-13(2)16-17-9-10-18-16/h5-10,13,19H,3-4,11-12H2,1-2H3,(H,17,18). The Kier molecular flexibility index (Phi) is 5.62. The summed E-state index contributed by atoms with van der Waals surface area (Å²) in [5.41, 5.74) is 1.24. The number of nitrogens with zero attached hydrogens (tertiary/aromatic N) is 1. The van der Waals surface area contributed by atoms with Crippen molar-refractivity contribution in [2.45, 2.75) is 39.3 Å². The Morgan fingerprint density at radius 2 is 2.10 bits per heavy atom. The first-order valence-electron chi connectivity index (χ1n) is 7.24. The Morgan fingerprint density at radius 3 is 2.75 bits per heavy atom. The fourth-order valence-electron chi connectivity index (χ4n) is 1.92. The molecule has 2 aromatic rings. The zero-order valence-electron chi connectivity index (χ0n) is 12.2. The summed E-state index contributed by atoms with van der Waals surface area (Å²) in [6, 6.07) is 8.48. The molecule has 2 rings (SSSR count). The van der Waals surface area contributed by atoms with E-state index in [2.05, 4.69) is 41.3 Å². The van der Waals surface area contributed by atoms with Gasteiger partial charge in [-0.1, -0.05) is 25.5 Å². The number of rotatable bonds is 8. The number of aromatic nitrogens is 2. The first-order chi connectivity index (χ1) is 9.79. The third kappa shape index (κ3) is 4.38. The van der Waals surface area contributed by atoms with Gasteiger partial charge in [0.25, 0.3) is 0 Å². The minimum atomic E-state index is 0.213. The highest BCUT2D eigenvalue weighted by molar-refractivity contribution is 5.27. The van der Waals surface area contributed by atoms with Crippen LogP contribution in [0.5, 0.6) is 5.75 Å². The van der Waals surface area contributed by atoms with Crippen molar-refractivity contribution in [3.63, 3.8) is 0 Å². The van der Waals surface area contributed by atoms with Crippen LogP contribution in [0, 0.1) is 0 Å². The van der Waals surface area contributed by atoms with Gasteiger partial charge in [-0.25, -0.2) is 4.98 Å². The van der Waals surface area contributed by atoms with Crippen LogP contribution in [0.25, 0.3) is 0 Å². The molecule has 4 nitrogen and oxygen atoms in total. The predicted octanol–water partition coefficient (Wildman–Crippen LogP) is 3.44. The molecule has 108 valence electrons. The van der Waals surface area contributed by atoms with Crippen LogP contribution in [0.15, 0.2) is 36.7 Å². The monoisotopic (exact) mass is 273 g/mol. The van der Waals surface area contributed by atoms with Crippen molar-refractivity contribution < 1.29 is 4.74 Å². The molecular formula is C16H23N3O. The SMILES string of the molecule is CCCCOc1ccc(CNC(C)c2ncc[nH]2)cc1. The molecule has 0 saturated carbocycles. The van der Waals surface area contributed by atoms with Crippen LogP contribution in [-0.2, 0) is 6.54 Å². The minimum Gasteiger partial charge on any atom is -0.494 e. The lowest BCUT2D eigenvalue weighted by Gasteiger charge is -2.12. The summed E-state index contributed by atoms with van der Waals surface area (Å²) in [6.45, 7) is 5.88. The summed E-state index contributed by atoms with van der Waals surface area (Å²) in [5.74, 6) is 1.91. The fraction of sp³-hybridized carbons (Fsp3) is 0.438. The van der Waals surface area contributed by atoms with E-state index in [-0.39, 0.29) is 6.04 Å². The number of hydrogen-bond acceptors (Lipinski definition) is 3. The predicted molar refractivity (Wildman–Crippen MR) is 80.7 cm³/mol. The molecule has 1 unspecified atom stereocenters. The summed E-state index contributed by atoms with van der Waals surface area (Å²) < 4.78 is 5.65. The van der Waals surface area contributed by atoms with Gasteiger partial charge in [-0.05, 0) is 31.0 Å². The highest BCUT2D eigenvalue weighted by atomic mass is 16.5. The Labute approximate surface area is 120 Å². The van der Waals surface area contributed by atoms with E-state index in [1.165, 1.54) is 5.56 Å². The summed E-state index contributed by atoms with van der Waals surface area (Å²) >= 11 is 0. The minimum absolute atomic E-state index is 0.213. The molecule has 20 heavy (non-hydrogen) atoms. The van der Waals surface area contributed by atoms with E-state index in [0.717, 1.165) is 37.6 Å². The van der Waals surface area contributed by atoms with Gasteiger partial charge in [0.1, 0.15) is 11.6 Å². The third-order valence-corrected chi connectivity index (χ3v) is 3.23. The van der Waals surface area contributed by atoms with Crippen LogP contribution < -0.4 is 10.1 Å². The van der Waals surface area contributed by atoms with E-state index in [9.17, 15) is 0 Å². The van der Waals surface area contributed by atoms with E-state index in [1.54, 1.807) is 6.20 Å². The quantitative estimate of drug-likeness (QED) is 0.724. The van der Waals surface area contributed by atoms with Gasteiger partial charge in [0.15, 0.2) is 0 Å². The summed E-state index contributed by atoms with van der Waals surface area (Å²) in [7, 11) is 0. The number of H-pyrrole nitrogens is 1. The zero-order chi connectivity index (χ0) is 14.2. The Hall–Kier alpha value is -1.81. The molecule has 2 N–H and O–H groups in total. The second-order valence-electron chi connectivity index (χ2n) is 4.92.